The fourth-order valence-electron chi connectivity index (χ4n) is 1.44. The Morgan fingerprint density at radius 2 is 2.32 bits per heavy atom. The summed E-state index contributed by atoms with van der Waals surface area (Å²) in [6.45, 7) is 0.742. The van der Waals surface area contributed by atoms with E-state index in [1.54, 1.807) is 24.1 Å². The van der Waals surface area contributed by atoms with E-state index in [2.05, 4.69) is 47.6 Å². The van der Waals surface area contributed by atoms with E-state index in [9.17, 15) is 4.79 Å². The highest BCUT2D eigenvalue weighted by molar-refractivity contribution is 9.13. The zero-order valence-electron chi connectivity index (χ0n) is 10.1. The van der Waals surface area contributed by atoms with Crippen LogP contribution in [-0.4, -0.2) is 22.7 Å². The van der Waals surface area contributed by atoms with Gasteiger partial charge in [0.25, 0.3) is 0 Å². The average molecular weight is 392 g/mol. The first kappa shape index (κ1) is 14.1. The minimum atomic E-state index is -0.0893. The lowest BCUT2D eigenvalue weighted by atomic mass is 10.4. The van der Waals surface area contributed by atoms with Crippen LogP contribution in [0.3, 0.4) is 0 Å². The molecule has 0 saturated heterocycles. The smallest absolute Gasteiger partial charge is 0.241 e. The molecule has 8 heteroatoms. The Hall–Kier alpha value is -1.28. The molecule has 2 N–H and O–H groups in total. The van der Waals surface area contributed by atoms with Crippen LogP contribution in [0.15, 0.2) is 32.0 Å². The zero-order chi connectivity index (χ0) is 13.8. The number of rotatable bonds is 5. The molecule has 0 aliphatic heterocycles. The first-order valence-electron chi connectivity index (χ1n) is 5.49. The minimum absolute atomic E-state index is 0.0893. The van der Waals surface area contributed by atoms with Gasteiger partial charge in [-0.2, -0.15) is 5.10 Å². The summed E-state index contributed by atoms with van der Waals surface area (Å²) in [6, 6.07) is 1.88. The third-order valence-electron chi connectivity index (χ3n) is 2.38. The second-order valence-corrected chi connectivity index (χ2v) is 5.36. The monoisotopic (exact) mass is 390 g/mol. The summed E-state index contributed by atoms with van der Waals surface area (Å²) in [5.41, 5.74) is 0.826. The van der Waals surface area contributed by atoms with Crippen LogP contribution < -0.4 is 10.6 Å². The molecular weight excluding hydrogens is 380 g/mol. The van der Waals surface area contributed by atoms with Crippen molar-refractivity contribution in [1.29, 1.82) is 0 Å². The highest BCUT2D eigenvalue weighted by Crippen LogP contribution is 2.27. The number of furan rings is 1. The molecule has 1 amide bonds. The summed E-state index contributed by atoms with van der Waals surface area (Å²) in [5.74, 6) is 0.700. The number of carbonyl (C=O) groups excluding carboxylic acids is 1. The second kappa shape index (κ2) is 6.25. The topological polar surface area (TPSA) is 72.1 Å². The maximum absolute atomic E-state index is 11.2. The number of amides is 1. The number of nitrogens with zero attached hydrogens (tertiary/aromatic N) is 2. The van der Waals surface area contributed by atoms with Crippen LogP contribution in [0.25, 0.3) is 0 Å². The van der Waals surface area contributed by atoms with Crippen molar-refractivity contribution in [3.63, 3.8) is 0 Å². The lowest BCUT2D eigenvalue weighted by Crippen LogP contribution is -2.23. The third kappa shape index (κ3) is 3.84. The minimum Gasteiger partial charge on any atom is -0.451 e. The van der Waals surface area contributed by atoms with Gasteiger partial charge in [-0.15, -0.1) is 0 Å². The van der Waals surface area contributed by atoms with Gasteiger partial charge in [0.1, 0.15) is 12.3 Å². The van der Waals surface area contributed by atoms with Crippen molar-refractivity contribution < 1.29 is 9.21 Å². The number of aromatic nitrogens is 2. The first-order valence-corrected chi connectivity index (χ1v) is 7.07. The van der Waals surface area contributed by atoms with Gasteiger partial charge in [0.2, 0.25) is 5.91 Å². The van der Waals surface area contributed by atoms with Gasteiger partial charge in [-0.1, -0.05) is 0 Å². The van der Waals surface area contributed by atoms with Gasteiger partial charge < -0.3 is 15.1 Å². The summed E-state index contributed by atoms with van der Waals surface area (Å²) < 4.78 is 8.55. The summed E-state index contributed by atoms with van der Waals surface area (Å²) in [6.07, 6.45) is 3.43. The van der Waals surface area contributed by atoms with E-state index in [1.165, 1.54) is 0 Å². The normalized spacial score (nSPS) is 10.5. The molecule has 19 heavy (non-hydrogen) atoms. The van der Waals surface area contributed by atoms with Crippen LogP contribution in [-0.2, 0) is 17.9 Å². The molecule has 0 fully saturated rings. The number of halogens is 2. The highest BCUT2D eigenvalue weighted by atomic mass is 79.9. The third-order valence-corrected chi connectivity index (χ3v) is 4.09. The molecule has 0 aliphatic carbocycles. The van der Waals surface area contributed by atoms with Crippen LogP contribution in [0.5, 0.6) is 0 Å². The van der Waals surface area contributed by atoms with Crippen LogP contribution in [0, 0.1) is 0 Å². The summed E-state index contributed by atoms with van der Waals surface area (Å²) in [4.78, 5) is 11.2. The summed E-state index contributed by atoms with van der Waals surface area (Å²) >= 11 is 6.63. The Balaban J connectivity index is 1.91. The molecule has 2 aromatic heterocycles. The predicted molar refractivity (Wildman–Crippen MR) is 77.7 cm³/mol. The lowest BCUT2D eigenvalue weighted by molar-refractivity contribution is -0.121. The Morgan fingerprint density at radius 1 is 1.53 bits per heavy atom. The predicted octanol–water partition coefficient (Wildman–Crippen LogP) is 2.36. The molecule has 0 atom stereocenters. The molecular formula is C11H12Br2N4O2. The second-order valence-electron chi connectivity index (χ2n) is 3.79. The molecule has 0 radical (unpaired) electrons. The fourth-order valence-corrected chi connectivity index (χ4v) is 2.09. The van der Waals surface area contributed by atoms with E-state index in [0.717, 1.165) is 15.9 Å². The van der Waals surface area contributed by atoms with E-state index in [4.69, 9.17) is 4.42 Å². The van der Waals surface area contributed by atoms with Gasteiger partial charge in [-0.05, 0) is 37.9 Å². The molecule has 0 saturated carbocycles. The Kier molecular flexibility index (Phi) is 4.65. The Morgan fingerprint density at radius 3 is 2.95 bits per heavy atom. The molecule has 0 unspecified atom stereocenters. The van der Waals surface area contributed by atoms with E-state index in [1.807, 2.05) is 6.07 Å². The van der Waals surface area contributed by atoms with Crippen LogP contribution >= 0.6 is 31.9 Å². The van der Waals surface area contributed by atoms with Gasteiger partial charge in [-0.25, -0.2) is 0 Å². The van der Waals surface area contributed by atoms with Crippen molar-refractivity contribution >= 4 is 43.5 Å². The molecule has 0 aliphatic rings. The van der Waals surface area contributed by atoms with Crippen molar-refractivity contribution in [1.82, 2.24) is 15.1 Å². The van der Waals surface area contributed by atoms with Crippen LogP contribution in [0.1, 0.15) is 5.76 Å². The van der Waals surface area contributed by atoms with Crippen molar-refractivity contribution in [2.24, 2.45) is 0 Å². The van der Waals surface area contributed by atoms with Gasteiger partial charge in [0, 0.05) is 13.2 Å². The van der Waals surface area contributed by atoms with Crippen molar-refractivity contribution in [2.45, 2.75) is 13.1 Å². The molecule has 2 aromatic rings. The van der Waals surface area contributed by atoms with Crippen LogP contribution in [0.2, 0.25) is 0 Å². The van der Waals surface area contributed by atoms with Gasteiger partial charge in [0.05, 0.1) is 22.9 Å². The number of hydrogen-bond donors (Lipinski definition) is 2. The van der Waals surface area contributed by atoms with E-state index >= 15 is 0 Å². The lowest BCUT2D eigenvalue weighted by Gasteiger charge is -2.00. The molecule has 2 rings (SSSR count). The van der Waals surface area contributed by atoms with E-state index in [-0.39, 0.29) is 12.5 Å². The standard InChI is InChI=1S/C11H12Br2N4O2/c1-14-10(18)6-17-5-7(3-16-17)15-4-8-2-9(12)11(13)19-8/h2-3,5,15H,4,6H2,1H3,(H,14,18). The molecule has 2 heterocycles. The van der Waals surface area contributed by atoms with Crippen molar-refractivity contribution in [3.05, 3.63) is 33.4 Å². The zero-order valence-corrected chi connectivity index (χ0v) is 13.3. The van der Waals surface area contributed by atoms with E-state index < -0.39 is 0 Å². The maximum atomic E-state index is 11.2. The van der Waals surface area contributed by atoms with Gasteiger partial charge in [0.15, 0.2) is 4.67 Å². The molecule has 0 spiro atoms. The van der Waals surface area contributed by atoms with Crippen molar-refractivity contribution in [3.8, 4) is 0 Å². The number of carbonyl (C=O) groups is 1. The average Bonchev–Trinajstić information content (AvgIpc) is 2.95. The van der Waals surface area contributed by atoms with Crippen molar-refractivity contribution in [2.75, 3.05) is 12.4 Å². The van der Waals surface area contributed by atoms with Gasteiger partial charge in [-0.3, -0.25) is 9.48 Å². The van der Waals surface area contributed by atoms with Gasteiger partial charge >= 0.3 is 0 Å². The SMILES string of the molecule is CNC(=O)Cn1cc(NCc2cc(Br)c(Br)o2)cn1. The quantitative estimate of drug-likeness (QED) is 0.820. The molecule has 0 bridgehead atoms. The number of anilines is 1. The Bertz CT molecular complexity index is 560. The molecule has 0 aromatic carbocycles. The maximum Gasteiger partial charge on any atom is 0.241 e. The fraction of sp³-hybridized carbons (Fsp3) is 0.273. The Labute approximate surface area is 126 Å². The molecule has 102 valence electrons. The van der Waals surface area contributed by atoms with Crippen LogP contribution in [0.4, 0.5) is 5.69 Å². The number of nitrogens with one attached hydrogen (secondary N) is 2. The first-order chi connectivity index (χ1) is 9.08. The summed E-state index contributed by atoms with van der Waals surface area (Å²) in [7, 11) is 1.59. The van der Waals surface area contributed by atoms with E-state index in [0.29, 0.717) is 11.2 Å². The largest absolute Gasteiger partial charge is 0.451 e. The number of likely N-dealkylation sites (N-methyl/N-ethyl adjacent to an activating group) is 1. The number of hydrogen-bond acceptors (Lipinski definition) is 4. The molecule has 6 nitrogen and oxygen atoms in total. The highest BCUT2D eigenvalue weighted by Gasteiger charge is 2.07. The summed E-state index contributed by atoms with van der Waals surface area (Å²) in [5, 5.41) is 9.79.